The molecule has 6 rings (SSSR count). The second kappa shape index (κ2) is 9.48. The molecule has 1 unspecified atom stereocenters. The highest BCUT2D eigenvalue weighted by atomic mass is 16.6. The third-order valence-corrected chi connectivity index (χ3v) is 7.05. The SMILES string of the molecule is CC(=O)N1N=C(c2ccc(-n3nc(C)n(N4C(=O)c5ccccc5C4=O)c3=O)cc2)CC1c1ccc([N+](=O)[O-])cc1. The number of aromatic nitrogens is 3. The van der Waals surface area contributed by atoms with Crippen LogP contribution >= 0.6 is 0 Å². The molecule has 4 aromatic rings. The number of nitrogens with zero attached hydrogens (tertiary/aromatic N) is 7. The van der Waals surface area contributed by atoms with E-state index < -0.39 is 28.5 Å². The number of rotatable bonds is 5. The molecular formula is C28H21N7O6. The lowest BCUT2D eigenvalue weighted by Crippen LogP contribution is -2.46. The number of hydrogen-bond donors (Lipinski definition) is 0. The molecule has 3 heterocycles. The van der Waals surface area contributed by atoms with Crippen molar-refractivity contribution >= 4 is 29.1 Å². The topological polar surface area (TPSA) is 153 Å². The monoisotopic (exact) mass is 551 g/mol. The molecule has 3 amide bonds. The first kappa shape index (κ1) is 25.6. The molecule has 2 aliphatic rings. The van der Waals surface area contributed by atoms with Gasteiger partial charge in [0.1, 0.15) is 0 Å². The van der Waals surface area contributed by atoms with Crippen molar-refractivity contribution in [3.8, 4) is 5.69 Å². The summed E-state index contributed by atoms with van der Waals surface area (Å²) in [5.74, 6) is -1.34. The largest absolute Gasteiger partial charge is 0.370 e. The maximum atomic E-state index is 13.4. The van der Waals surface area contributed by atoms with E-state index in [-0.39, 0.29) is 28.5 Å². The summed E-state index contributed by atoms with van der Waals surface area (Å²) in [5.41, 5.74) is 2.12. The molecule has 1 aromatic heterocycles. The van der Waals surface area contributed by atoms with Gasteiger partial charge >= 0.3 is 5.69 Å². The van der Waals surface area contributed by atoms with Crippen LogP contribution in [0.5, 0.6) is 0 Å². The van der Waals surface area contributed by atoms with Crippen molar-refractivity contribution in [3.05, 3.63) is 121 Å². The van der Waals surface area contributed by atoms with Gasteiger partial charge in [0.25, 0.3) is 17.5 Å². The van der Waals surface area contributed by atoms with Gasteiger partial charge in [0, 0.05) is 25.5 Å². The van der Waals surface area contributed by atoms with Crippen molar-refractivity contribution in [2.45, 2.75) is 26.3 Å². The Bertz CT molecular complexity index is 1820. The van der Waals surface area contributed by atoms with E-state index in [9.17, 15) is 29.3 Å². The highest BCUT2D eigenvalue weighted by molar-refractivity contribution is 6.30. The molecular weight excluding hydrogens is 530 g/mol. The van der Waals surface area contributed by atoms with Gasteiger partial charge in [0.15, 0.2) is 5.82 Å². The minimum atomic E-state index is -0.691. The predicted octanol–water partition coefficient (Wildman–Crippen LogP) is 2.88. The Hall–Kier alpha value is -5.72. The van der Waals surface area contributed by atoms with Crippen molar-refractivity contribution < 1.29 is 19.3 Å². The molecule has 0 spiro atoms. The summed E-state index contributed by atoms with van der Waals surface area (Å²) in [5, 5.41) is 21.9. The van der Waals surface area contributed by atoms with Gasteiger partial charge in [-0.1, -0.05) is 36.4 Å². The number of fused-ring (bicyclic) bond motifs is 1. The van der Waals surface area contributed by atoms with E-state index in [2.05, 4.69) is 10.2 Å². The minimum Gasteiger partial charge on any atom is -0.273 e. The van der Waals surface area contributed by atoms with Gasteiger partial charge in [0.05, 0.1) is 33.5 Å². The fraction of sp³-hybridized carbons (Fsp3) is 0.143. The van der Waals surface area contributed by atoms with E-state index in [0.29, 0.717) is 28.9 Å². The number of hydrazone groups is 1. The first-order valence-electron chi connectivity index (χ1n) is 12.5. The van der Waals surface area contributed by atoms with Gasteiger partial charge < -0.3 is 0 Å². The second-order valence-electron chi connectivity index (χ2n) is 9.55. The molecule has 0 bridgehead atoms. The number of aryl methyl sites for hydroxylation is 1. The molecule has 0 aliphatic carbocycles. The molecule has 0 N–H and O–H groups in total. The number of benzene rings is 3. The first-order valence-corrected chi connectivity index (χ1v) is 12.5. The number of non-ortho nitro benzene ring substituents is 1. The van der Waals surface area contributed by atoms with Crippen molar-refractivity contribution in [2.24, 2.45) is 5.10 Å². The van der Waals surface area contributed by atoms with Gasteiger partial charge in [-0.05, 0) is 42.3 Å². The number of carbonyl (C=O) groups is 3. The lowest BCUT2D eigenvalue weighted by atomic mass is 9.98. The smallest absolute Gasteiger partial charge is 0.273 e. The first-order chi connectivity index (χ1) is 19.7. The third kappa shape index (κ3) is 4.11. The Kier molecular flexibility index (Phi) is 5.91. The van der Waals surface area contributed by atoms with E-state index in [1.807, 2.05) is 0 Å². The van der Waals surface area contributed by atoms with Gasteiger partial charge in [0.2, 0.25) is 5.91 Å². The average molecular weight is 552 g/mol. The average Bonchev–Trinajstić information content (AvgIpc) is 3.62. The van der Waals surface area contributed by atoms with Crippen LogP contribution in [0.2, 0.25) is 0 Å². The summed E-state index contributed by atoms with van der Waals surface area (Å²) in [4.78, 5) is 62.1. The number of hydrogen-bond acceptors (Lipinski definition) is 8. The molecule has 0 fully saturated rings. The zero-order chi connectivity index (χ0) is 29.0. The fourth-order valence-corrected chi connectivity index (χ4v) is 5.06. The fourth-order valence-electron chi connectivity index (χ4n) is 5.06. The number of imide groups is 1. The van der Waals surface area contributed by atoms with Gasteiger partial charge in [-0.25, -0.2) is 9.80 Å². The lowest BCUT2D eigenvalue weighted by molar-refractivity contribution is -0.384. The van der Waals surface area contributed by atoms with Crippen LogP contribution in [0.4, 0.5) is 5.69 Å². The molecule has 1 atom stereocenters. The summed E-state index contributed by atoms with van der Waals surface area (Å²) in [6.07, 6.45) is 0.379. The molecule has 41 heavy (non-hydrogen) atoms. The molecule has 13 heteroatoms. The maximum Gasteiger partial charge on any atom is 0.370 e. The minimum absolute atomic E-state index is 0.0474. The summed E-state index contributed by atoms with van der Waals surface area (Å²) < 4.78 is 2.06. The van der Waals surface area contributed by atoms with Crippen molar-refractivity contribution in [3.63, 3.8) is 0 Å². The van der Waals surface area contributed by atoms with E-state index in [4.69, 9.17) is 0 Å². The molecule has 0 saturated carbocycles. The van der Waals surface area contributed by atoms with Crippen molar-refractivity contribution in [1.29, 1.82) is 0 Å². The Morgan fingerprint density at radius 1 is 0.927 bits per heavy atom. The highest BCUT2D eigenvalue weighted by Crippen LogP contribution is 2.33. The maximum absolute atomic E-state index is 13.4. The lowest BCUT2D eigenvalue weighted by Gasteiger charge is -2.20. The standard InChI is InChI=1S/C28H21N7O6/c1-16-29-32(28(39)33(16)34-26(37)22-5-3-4-6-23(22)27(34)38)20-11-7-18(8-12-20)24-15-25(31(30-24)17(2)36)19-9-13-21(14-10-19)35(40)41/h3-14,25H,15H2,1-2H3. The number of nitro groups is 1. The van der Waals surface area contributed by atoms with Crippen LogP contribution < -0.4 is 10.7 Å². The van der Waals surface area contributed by atoms with Crippen LogP contribution in [-0.4, -0.2) is 47.8 Å². The van der Waals surface area contributed by atoms with E-state index >= 15 is 0 Å². The van der Waals surface area contributed by atoms with Gasteiger partial charge in [-0.3, -0.25) is 24.5 Å². The zero-order valence-electron chi connectivity index (χ0n) is 21.8. The number of carbonyl (C=O) groups excluding carboxylic acids is 3. The third-order valence-electron chi connectivity index (χ3n) is 7.05. The molecule has 2 aliphatic heterocycles. The Morgan fingerprint density at radius 3 is 2.10 bits per heavy atom. The Morgan fingerprint density at radius 2 is 1.54 bits per heavy atom. The molecule has 0 radical (unpaired) electrons. The second-order valence-corrected chi connectivity index (χ2v) is 9.55. The van der Waals surface area contributed by atoms with E-state index in [1.54, 1.807) is 48.5 Å². The van der Waals surface area contributed by atoms with E-state index in [1.165, 1.54) is 43.1 Å². The van der Waals surface area contributed by atoms with Crippen LogP contribution in [0.3, 0.4) is 0 Å². The molecule has 13 nitrogen and oxygen atoms in total. The Labute approximate surface area is 231 Å². The van der Waals surface area contributed by atoms with Crippen LogP contribution in [-0.2, 0) is 4.79 Å². The van der Waals surface area contributed by atoms with Gasteiger partial charge in [-0.15, -0.1) is 5.10 Å². The summed E-state index contributed by atoms with van der Waals surface area (Å²) in [6, 6.07) is 18.7. The summed E-state index contributed by atoms with van der Waals surface area (Å²) >= 11 is 0. The summed E-state index contributed by atoms with van der Waals surface area (Å²) in [6.45, 7) is 2.92. The number of amides is 3. The summed E-state index contributed by atoms with van der Waals surface area (Å²) in [7, 11) is 0. The van der Waals surface area contributed by atoms with Gasteiger partial charge in [-0.2, -0.15) is 19.5 Å². The molecule has 0 saturated heterocycles. The molecule has 204 valence electrons. The predicted molar refractivity (Wildman–Crippen MR) is 145 cm³/mol. The zero-order valence-corrected chi connectivity index (χ0v) is 21.8. The van der Waals surface area contributed by atoms with Crippen molar-refractivity contribution in [1.82, 2.24) is 19.5 Å². The van der Waals surface area contributed by atoms with Crippen LogP contribution in [0.1, 0.15) is 57.1 Å². The number of nitro benzene ring substituents is 1. The van der Waals surface area contributed by atoms with Crippen LogP contribution in [0, 0.1) is 17.0 Å². The quantitative estimate of drug-likeness (QED) is 0.210. The normalized spacial score (nSPS) is 16.2. The van der Waals surface area contributed by atoms with Crippen molar-refractivity contribution in [2.75, 3.05) is 5.01 Å². The van der Waals surface area contributed by atoms with E-state index in [0.717, 1.165) is 14.4 Å². The Balaban J connectivity index is 1.28. The molecule has 3 aromatic carbocycles. The highest BCUT2D eigenvalue weighted by Gasteiger charge is 2.39. The van der Waals surface area contributed by atoms with Crippen LogP contribution in [0.15, 0.2) is 82.7 Å². The van der Waals surface area contributed by atoms with Crippen LogP contribution in [0.25, 0.3) is 5.69 Å².